The van der Waals surface area contributed by atoms with Crippen molar-refractivity contribution in [3.05, 3.63) is 34.9 Å². The van der Waals surface area contributed by atoms with Crippen LogP contribution in [0.5, 0.6) is 0 Å². The number of carbonyl (C=O) groups is 1. The zero-order chi connectivity index (χ0) is 14.8. The van der Waals surface area contributed by atoms with E-state index in [1.807, 2.05) is 32.2 Å². The monoisotopic (exact) mass is 262 g/mol. The SMILES string of the molecule is CC#Cc1ccc2c(c1)CN(C)C2=O.CN.COC. The van der Waals surface area contributed by atoms with Crippen molar-refractivity contribution in [2.24, 2.45) is 5.73 Å². The minimum atomic E-state index is 0.107. The summed E-state index contributed by atoms with van der Waals surface area (Å²) in [4.78, 5) is 13.3. The van der Waals surface area contributed by atoms with Gasteiger partial charge in [0.25, 0.3) is 5.91 Å². The normalized spacial score (nSPS) is 11.3. The summed E-state index contributed by atoms with van der Waals surface area (Å²) in [7, 11) is 6.56. The molecular formula is C15H22N2O2. The third kappa shape index (κ3) is 4.74. The molecule has 0 fully saturated rings. The van der Waals surface area contributed by atoms with Crippen molar-refractivity contribution in [3.63, 3.8) is 0 Å². The molecule has 1 aromatic rings. The first-order valence-electron chi connectivity index (χ1n) is 5.93. The topological polar surface area (TPSA) is 55.6 Å². The number of hydrogen-bond acceptors (Lipinski definition) is 3. The molecule has 0 spiro atoms. The van der Waals surface area contributed by atoms with E-state index < -0.39 is 0 Å². The van der Waals surface area contributed by atoms with Crippen molar-refractivity contribution in [2.45, 2.75) is 13.5 Å². The van der Waals surface area contributed by atoms with E-state index in [-0.39, 0.29) is 5.91 Å². The molecule has 2 N–H and O–H groups in total. The first-order chi connectivity index (χ1) is 9.13. The van der Waals surface area contributed by atoms with Gasteiger partial charge >= 0.3 is 0 Å². The maximum atomic E-state index is 11.6. The van der Waals surface area contributed by atoms with Crippen LogP contribution in [-0.4, -0.2) is 39.1 Å². The van der Waals surface area contributed by atoms with E-state index in [4.69, 9.17) is 0 Å². The molecule has 0 radical (unpaired) electrons. The van der Waals surface area contributed by atoms with Gasteiger partial charge in [0.1, 0.15) is 0 Å². The molecule has 4 nitrogen and oxygen atoms in total. The predicted octanol–water partition coefficient (Wildman–Crippen LogP) is 1.48. The van der Waals surface area contributed by atoms with Crippen LogP contribution in [0.4, 0.5) is 0 Å². The Balaban J connectivity index is 0.000000573. The molecule has 1 amide bonds. The van der Waals surface area contributed by atoms with Gasteiger partial charge in [0.15, 0.2) is 0 Å². The van der Waals surface area contributed by atoms with Gasteiger partial charge in [0.2, 0.25) is 0 Å². The number of carbonyl (C=O) groups excluding carboxylic acids is 1. The highest BCUT2D eigenvalue weighted by Gasteiger charge is 2.23. The molecule has 1 aliphatic heterocycles. The molecule has 0 unspecified atom stereocenters. The van der Waals surface area contributed by atoms with Crippen LogP contribution in [0.3, 0.4) is 0 Å². The number of nitrogens with zero attached hydrogens (tertiary/aromatic N) is 1. The van der Waals surface area contributed by atoms with Crippen molar-refractivity contribution in [1.29, 1.82) is 0 Å². The van der Waals surface area contributed by atoms with Crippen LogP contribution in [0.2, 0.25) is 0 Å². The molecule has 1 heterocycles. The Morgan fingerprint density at radius 2 is 1.89 bits per heavy atom. The van der Waals surface area contributed by atoms with E-state index >= 15 is 0 Å². The number of nitrogens with two attached hydrogens (primary N) is 1. The number of fused-ring (bicyclic) bond motifs is 1. The lowest BCUT2D eigenvalue weighted by molar-refractivity contribution is 0.0816. The van der Waals surface area contributed by atoms with Crippen LogP contribution in [0.25, 0.3) is 0 Å². The van der Waals surface area contributed by atoms with Gasteiger partial charge in [0.05, 0.1) is 0 Å². The zero-order valence-corrected chi connectivity index (χ0v) is 12.3. The summed E-state index contributed by atoms with van der Waals surface area (Å²) in [6, 6.07) is 5.75. The summed E-state index contributed by atoms with van der Waals surface area (Å²) in [5.74, 6) is 5.94. The van der Waals surface area contributed by atoms with Gasteiger partial charge < -0.3 is 15.4 Å². The highest BCUT2D eigenvalue weighted by molar-refractivity contribution is 5.98. The van der Waals surface area contributed by atoms with E-state index in [0.29, 0.717) is 6.54 Å². The average Bonchev–Trinajstić information content (AvgIpc) is 2.69. The summed E-state index contributed by atoms with van der Waals surface area (Å²) in [6.07, 6.45) is 0. The van der Waals surface area contributed by atoms with Crippen LogP contribution in [0, 0.1) is 11.8 Å². The van der Waals surface area contributed by atoms with E-state index in [1.54, 1.807) is 19.1 Å². The Kier molecular flexibility index (Phi) is 8.27. The highest BCUT2D eigenvalue weighted by Crippen LogP contribution is 2.21. The Morgan fingerprint density at radius 1 is 1.32 bits per heavy atom. The van der Waals surface area contributed by atoms with Crippen LogP contribution in [0.1, 0.15) is 28.4 Å². The molecule has 0 aliphatic carbocycles. The molecule has 0 saturated carbocycles. The van der Waals surface area contributed by atoms with Crippen molar-refractivity contribution in [2.75, 3.05) is 28.3 Å². The summed E-state index contributed by atoms with van der Waals surface area (Å²) >= 11 is 0. The summed E-state index contributed by atoms with van der Waals surface area (Å²) in [6.45, 7) is 2.51. The van der Waals surface area contributed by atoms with Crippen molar-refractivity contribution in [3.8, 4) is 11.8 Å². The lowest BCUT2D eigenvalue weighted by atomic mass is 10.1. The van der Waals surface area contributed by atoms with Crippen LogP contribution >= 0.6 is 0 Å². The fourth-order valence-electron chi connectivity index (χ4n) is 1.69. The maximum absolute atomic E-state index is 11.6. The number of benzene rings is 1. The Bertz CT molecular complexity index is 473. The first kappa shape index (κ1) is 17.2. The smallest absolute Gasteiger partial charge is 0.254 e. The second-order valence-corrected chi connectivity index (χ2v) is 3.82. The van der Waals surface area contributed by atoms with Crippen molar-refractivity contribution >= 4 is 5.91 Å². The minimum absolute atomic E-state index is 0.107. The number of amides is 1. The minimum Gasteiger partial charge on any atom is -0.388 e. The second-order valence-electron chi connectivity index (χ2n) is 3.82. The van der Waals surface area contributed by atoms with E-state index in [1.165, 1.54) is 7.05 Å². The molecule has 104 valence electrons. The number of methoxy groups -OCH3 is 1. The fraction of sp³-hybridized carbons (Fsp3) is 0.400. The van der Waals surface area contributed by atoms with E-state index in [9.17, 15) is 4.79 Å². The molecule has 2 rings (SSSR count). The van der Waals surface area contributed by atoms with Gasteiger partial charge in [-0.1, -0.05) is 5.92 Å². The number of ether oxygens (including phenoxy) is 1. The van der Waals surface area contributed by atoms with Gasteiger partial charge in [-0.05, 0) is 37.7 Å². The Morgan fingerprint density at radius 3 is 2.42 bits per heavy atom. The molecule has 0 atom stereocenters. The van der Waals surface area contributed by atoms with E-state index in [2.05, 4.69) is 22.3 Å². The number of rotatable bonds is 0. The summed E-state index contributed by atoms with van der Waals surface area (Å²) in [5, 5.41) is 0. The first-order valence-corrected chi connectivity index (χ1v) is 5.93. The number of hydrogen-bond donors (Lipinski definition) is 1. The lowest BCUT2D eigenvalue weighted by Gasteiger charge is -2.04. The largest absolute Gasteiger partial charge is 0.388 e. The standard InChI is InChI=1S/C12H11NO.C2H6O.CH5N/c1-3-4-9-5-6-11-10(7-9)8-13(2)12(11)14;1-3-2;1-2/h5-7H,8H2,1-2H3;1-2H3;2H2,1H3. The molecule has 1 aromatic carbocycles. The highest BCUT2D eigenvalue weighted by atomic mass is 16.4. The van der Waals surface area contributed by atoms with Crippen LogP contribution in [-0.2, 0) is 11.3 Å². The van der Waals surface area contributed by atoms with Crippen molar-refractivity contribution < 1.29 is 9.53 Å². The fourth-order valence-corrected chi connectivity index (χ4v) is 1.69. The zero-order valence-electron chi connectivity index (χ0n) is 12.3. The maximum Gasteiger partial charge on any atom is 0.254 e. The van der Waals surface area contributed by atoms with Crippen molar-refractivity contribution in [1.82, 2.24) is 4.90 Å². The third-order valence-electron chi connectivity index (χ3n) is 2.36. The predicted molar refractivity (Wildman–Crippen MR) is 77.8 cm³/mol. The van der Waals surface area contributed by atoms with Gasteiger partial charge in [-0.3, -0.25) is 4.79 Å². The molecule has 0 bridgehead atoms. The summed E-state index contributed by atoms with van der Waals surface area (Å²) < 4.78 is 4.25. The van der Waals surface area contributed by atoms with E-state index in [0.717, 1.165) is 16.7 Å². The molecule has 0 saturated heterocycles. The summed E-state index contributed by atoms with van der Waals surface area (Å²) in [5.41, 5.74) is 7.38. The second kappa shape index (κ2) is 9.15. The Labute approximate surface area is 115 Å². The van der Waals surface area contributed by atoms with Crippen LogP contribution < -0.4 is 5.73 Å². The third-order valence-corrected chi connectivity index (χ3v) is 2.36. The van der Waals surface area contributed by atoms with Gasteiger partial charge in [0, 0.05) is 38.9 Å². The molecular weight excluding hydrogens is 240 g/mol. The molecule has 0 aromatic heterocycles. The van der Waals surface area contributed by atoms with Gasteiger partial charge in [-0.2, -0.15) is 0 Å². The van der Waals surface area contributed by atoms with Gasteiger partial charge in [-0.25, -0.2) is 0 Å². The lowest BCUT2D eigenvalue weighted by Crippen LogP contribution is -2.17. The van der Waals surface area contributed by atoms with Gasteiger partial charge in [-0.15, -0.1) is 5.92 Å². The molecule has 19 heavy (non-hydrogen) atoms. The molecule has 1 aliphatic rings. The Hall–Kier alpha value is -1.83. The molecule has 4 heteroatoms. The quantitative estimate of drug-likeness (QED) is 0.721. The average molecular weight is 262 g/mol. The van der Waals surface area contributed by atoms with Crippen LogP contribution in [0.15, 0.2) is 18.2 Å².